The van der Waals surface area contributed by atoms with E-state index in [1.807, 2.05) is 4.90 Å². The number of nitro groups is 1. The average molecular weight is 404 g/mol. The second-order valence-corrected chi connectivity index (χ2v) is 7.08. The van der Waals surface area contributed by atoms with Crippen molar-refractivity contribution in [2.24, 2.45) is 4.99 Å². The van der Waals surface area contributed by atoms with E-state index in [0.29, 0.717) is 39.4 Å². The highest BCUT2D eigenvalue weighted by Gasteiger charge is 2.24. The highest BCUT2D eigenvalue weighted by atomic mass is 16.6. The van der Waals surface area contributed by atoms with Crippen LogP contribution in [0, 0.1) is 10.1 Å². The molecule has 2 fully saturated rings. The summed E-state index contributed by atoms with van der Waals surface area (Å²) in [7, 11) is 1.74. The SMILES string of the molecule is CN=C(NCc1ccc([N+](=O)[O-])cc1)N1CCN(CC(=O)N2CCOCC2)CC1. The van der Waals surface area contributed by atoms with E-state index in [4.69, 9.17) is 4.74 Å². The van der Waals surface area contributed by atoms with Crippen LogP contribution < -0.4 is 5.32 Å². The first-order chi connectivity index (χ1) is 14.1. The first-order valence-corrected chi connectivity index (χ1v) is 9.83. The molecule has 0 atom stereocenters. The van der Waals surface area contributed by atoms with E-state index < -0.39 is 4.92 Å². The van der Waals surface area contributed by atoms with Gasteiger partial charge in [-0.25, -0.2) is 0 Å². The molecule has 0 unspecified atom stereocenters. The Morgan fingerprint density at radius 3 is 2.34 bits per heavy atom. The van der Waals surface area contributed by atoms with Crippen molar-refractivity contribution in [3.05, 3.63) is 39.9 Å². The molecule has 2 aliphatic heterocycles. The van der Waals surface area contributed by atoms with Crippen LogP contribution in [0.1, 0.15) is 5.56 Å². The number of hydrogen-bond acceptors (Lipinski definition) is 6. The van der Waals surface area contributed by atoms with Crippen LogP contribution in [0.15, 0.2) is 29.3 Å². The van der Waals surface area contributed by atoms with E-state index in [0.717, 1.165) is 37.7 Å². The Kier molecular flexibility index (Phi) is 7.36. The number of piperazine rings is 1. The number of benzene rings is 1. The van der Waals surface area contributed by atoms with Crippen LogP contribution >= 0.6 is 0 Å². The van der Waals surface area contributed by atoms with E-state index in [-0.39, 0.29) is 11.6 Å². The number of hydrogen-bond donors (Lipinski definition) is 1. The van der Waals surface area contributed by atoms with E-state index in [2.05, 4.69) is 20.1 Å². The fourth-order valence-corrected chi connectivity index (χ4v) is 3.47. The topological polar surface area (TPSA) is 104 Å². The largest absolute Gasteiger partial charge is 0.378 e. The summed E-state index contributed by atoms with van der Waals surface area (Å²) < 4.78 is 5.30. The first-order valence-electron chi connectivity index (χ1n) is 9.83. The molecule has 2 aliphatic rings. The summed E-state index contributed by atoms with van der Waals surface area (Å²) in [4.78, 5) is 33.3. The van der Waals surface area contributed by atoms with E-state index in [9.17, 15) is 14.9 Å². The summed E-state index contributed by atoms with van der Waals surface area (Å²) in [6, 6.07) is 6.50. The lowest BCUT2D eigenvalue weighted by molar-refractivity contribution is -0.384. The molecule has 1 amide bonds. The lowest BCUT2D eigenvalue weighted by Crippen LogP contribution is -2.54. The second-order valence-electron chi connectivity index (χ2n) is 7.08. The number of carbonyl (C=O) groups is 1. The number of aliphatic imine (C=N–C) groups is 1. The molecule has 0 aliphatic carbocycles. The number of rotatable bonds is 5. The number of nitrogens with zero attached hydrogens (tertiary/aromatic N) is 5. The molecule has 29 heavy (non-hydrogen) atoms. The third kappa shape index (κ3) is 5.88. The maximum absolute atomic E-state index is 12.4. The highest BCUT2D eigenvalue weighted by molar-refractivity contribution is 5.80. The number of nitrogens with one attached hydrogen (secondary N) is 1. The first kappa shape index (κ1) is 21.0. The van der Waals surface area contributed by atoms with Crippen LogP contribution in [0.3, 0.4) is 0 Å². The molecule has 2 saturated heterocycles. The molecule has 0 bridgehead atoms. The predicted octanol–water partition coefficient (Wildman–Crippen LogP) is 0.147. The molecule has 10 nitrogen and oxygen atoms in total. The minimum absolute atomic E-state index is 0.0841. The Labute approximate surface area is 170 Å². The van der Waals surface area contributed by atoms with Gasteiger partial charge in [-0.2, -0.15) is 0 Å². The smallest absolute Gasteiger partial charge is 0.269 e. The van der Waals surface area contributed by atoms with Gasteiger partial charge in [0, 0.05) is 65.0 Å². The van der Waals surface area contributed by atoms with Gasteiger partial charge in [0.1, 0.15) is 0 Å². The van der Waals surface area contributed by atoms with Gasteiger partial charge < -0.3 is 19.9 Å². The number of ether oxygens (including phenoxy) is 1. The van der Waals surface area contributed by atoms with Crippen LogP contribution in [0.5, 0.6) is 0 Å². The lowest BCUT2D eigenvalue weighted by atomic mass is 10.2. The second kappa shape index (κ2) is 10.2. The lowest BCUT2D eigenvalue weighted by Gasteiger charge is -2.37. The van der Waals surface area contributed by atoms with Crippen molar-refractivity contribution < 1.29 is 14.5 Å². The van der Waals surface area contributed by atoms with Crippen molar-refractivity contribution in [1.82, 2.24) is 20.0 Å². The summed E-state index contributed by atoms with van der Waals surface area (Å²) in [5.41, 5.74) is 1.03. The number of morpholine rings is 1. The summed E-state index contributed by atoms with van der Waals surface area (Å²) in [6.45, 7) is 6.76. The molecule has 1 aromatic rings. The maximum atomic E-state index is 12.4. The van der Waals surface area contributed by atoms with E-state index >= 15 is 0 Å². The zero-order chi connectivity index (χ0) is 20.6. The fourth-order valence-electron chi connectivity index (χ4n) is 3.47. The number of non-ortho nitro benzene ring substituents is 1. The van der Waals surface area contributed by atoms with Crippen molar-refractivity contribution in [3.8, 4) is 0 Å². The van der Waals surface area contributed by atoms with Gasteiger partial charge in [-0.1, -0.05) is 12.1 Å². The monoisotopic (exact) mass is 404 g/mol. The molecular formula is C19H28N6O4. The molecule has 0 aromatic heterocycles. The third-order valence-electron chi connectivity index (χ3n) is 5.20. The number of guanidine groups is 1. The van der Waals surface area contributed by atoms with Gasteiger partial charge >= 0.3 is 0 Å². The van der Waals surface area contributed by atoms with E-state index in [1.165, 1.54) is 12.1 Å². The van der Waals surface area contributed by atoms with Crippen LogP contribution in [-0.2, 0) is 16.1 Å². The molecular weight excluding hydrogens is 376 g/mol. The zero-order valence-corrected chi connectivity index (χ0v) is 16.7. The fraction of sp³-hybridized carbons (Fsp3) is 0.579. The van der Waals surface area contributed by atoms with Crippen molar-refractivity contribution in [2.75, 3.05) is 66.1 Å². The molecule has 0 saturated carbocycles. The molecule has 0 radical (unpaired) electrons. The predicted molar refractivity (Wildman–Crippen MR) is 109 cm³/mol. The maximum Gasteiger partial charge on any atom is 0.269 e. The number of carbonyl (C=O) groups excluding carboxylic acids is 1. The van der Waals surface area contributed by atoms with Crippen molar-refractivity contribution in [3.63, 3.8) is 0 Å². The normalized spacial score (nSPS) is 18.6. The molecule has 3 rings (SSSR count). The Bertz CT molecular complexity index is 725. The van der Waals surface area contributed by atoms with Crippen LogP contribution in [-0.4, -0.2) is 97.6 Å². The van der Waals surface area contributed by atoms with Gasteiger partial charge in [-0.15, -0.1) is 0 Å². The summed E-state index contributed by atoms with van der Waals surface area (Å²) in [6.07, 6.45) is 0. The van der Waals surface area contributed by atoms with Gasteiger partial charge in [-0.3, -0.25) is 24.8 Å². The number of amides is 1. The Morgan fingerprint density at radius 1 is 1.10 bits per heavy atom. The summed E-state index contributed by atoms with van der Waals surface area (Å²) in [5, 5.41) is 14.1. The molecule has 2 heterocycles. The minimum atomic E-state index is -0.403. The van der Waals surface area contributed by atoms with Gasteiger partial charge in [-0.05, 0) is 5.56 Å². The third-order valence-corrected chi connectivity index (χ3v) is 5.20. The van der Waals surface area contributed by atoms with Crippen LogP contribution in [0.4, 0.5) is 5.69 Å². The average Bonchev–Trinajstić information content (AvgIpc) is 2.76. The van der Waals surface area contributed by atoms with Crippen molar-refractivity contribution in [2.45, 2.75) is 6.54 Å². The Balaban J connectivity index is 1.43. The molecule has 0 spiro atoms. The van der Waals surface area contributed by atoms with E-state index in [1.54, 1.807) is 19.2 Å². The van der Waals surface area contributed by atoms with Crippen LogP contribution in [0.25, 0.3) is 0 Å². The molecule has 158 valence electrons. The van der Waals surface area contributed by atoms with Crippen molar-refractivity contribution in [1.29, 1.82) is 0 Å². The van der Waals surface area contributed by atoms with Crippen LogP contribution in [0.2, 0.25) is 0 Å². The Morgan fingerprint density at radius 2 is 1.76 bits per heavy atom. The quantitative estimate of drug-likeness (QED) is 0.322. The van der Waals surface area contributed by atoms with Crippen molar-refractivity contribution >= 4 is 17.6 Å². The highest BCUT2D eigenvalue weighted by Crippen LogP contribution is 2.12. The minimum Gasteiger partial charge on any atom is -0.378 e. The van der Waals surface area contributed by atoms with Gasteiger partial charge in [0.15, 0.2) is 5.96 Å². The standard InChI is InChI=1S/C19H28N6O4/c1-20-19(21-14-16-2-4-17(5-3-16)25(27)28)24-8-6-22(7-9-24)15-18(26)23-10-12-29-13-11-23/h2-5H,6-15H2,1H3,(H,20,21). The molecule has 10 heteroatoms. The molecule has 1 aromatic carbocycles. The number of nitro benzene ring substituents is 1. The summed E-state index contributed by atoms with van der Waals surface area (Å²) in [5.74, 6) is 0.963. The summed E-state index contributed by atoms with van der Waals surface area (Å²) >= 11 is 0. The van der Waals surface area contributed by atoms with Gasteiger partial charge in [0.05, 0.1) is 24.7 Å². The van der Waals surface area contributed by atoms with Gasteiger partial charge in [0.25, 0.3) is 5.69 Å². The van der Waals surface area contributed by atoms with Gasteiger partial charge in [0.2, 0.25) is 5.91 Å². The molecule has 1 N–H and O–H groups in total. The Hall–Kier alpha value is -2.72. The zero-order valence-electron chi connectivity index (χ0n) is 16.7.